The first kappa shape index (κ1) is 19.4. The molecule has 0 atom stereocenters. The summed E-state index contributed by atoms with van der Waals surface area (Å²) in [6.45, 7) is -0.719. The number of carbonyl (C=O) groups excluding carboxylic acids is 3. The van der Waals surface area contributed by atoms with Gasteiger partial charge in [-0.25, -0.2) is 4.79 Å². The maximum atomic E-state index is 12.2. The SMILES string of the molecule is CN(CC(=O)Nc1ccccc1Cl)C(=O)COC(=O)c1n[nH]c2ccccc12. The number of benzene rings is 2. The topological polar surface area (TPSA) is 104 Å². The molecule has 0 spiro atoms. The Kier molecular flexibility index (Phi) is 5.90. The summed E-state index contributed by atoms with van der Waals surface area (Å²) in [7, 11) is 1.44. The van der Waals surface area contributed by atoms with Crippen LogP contribution in [0.4, 0.5) is 5.69 Å². The average molecular weight is 401 g/mol. The number of fused-ring (bicyclic) bond motifs is 1. The van der Waals surface area contributed by atoms with E-state index in [2.05, 4.69) is 15.5 Å². The largest absolute Gasteiger partial charge is 0.451 e. The van der Waals surface area contributed by atoms with Gasteiger partial charge >= 0.3 is 5.97 Å². The molecule has 2 N–H and O–H groups in total. The fourth-order valence-electron chi connectivity index (χ4n) is 2.48. The van der Waals surface area contributed by atoms with Crippen LogP contribution in [0.25, 0.3) is 10.9 Å². The molecule has 0 saturated carbocycles. The summed E-state index contributed by atoms with van der Waals surface area (Å²) in [6.07, 6.45) is 0. The first-order chi connectivity index (χ1) is 13.5. The molecule has 0 fully saturated rings. The van der Waals surface area contributed by atoms with E-state index < -0.39 is 24.4 Å². The van der Waals surface area contributed by atoms with Crippen LogP contribution in [0.5, 0.6) is 0 Å². The lowest BCUT2D eigenvalue weighted by atomic mass is 10.2. The molecule has 0 saturated heterocycles. The van der Waals surface area contributed by atoms with Gasteiger partial charge in [-0.1, -0.05) is 41.9 Å². The minimum Gasteiger partial charge on any atom is -0.451 e. The number of nitrogens with zero attached hydrogens (tertiary/aromatic N) is 2. The van der Waals surface area contributed by atoms with E-state index in [0.717, 1.165) is 4.90 Å². The first-order valence-electron chi connectivity index (χ1n) is 8.34. The minimum atomic E-state index is -0.722. The number of ether oxygens (including phenoxy) is 1. The van der Waals surface area contributed by atoms with Gasteiger partial charge in [-0.15, -0.1) is 0 Å². The Labute approximate surface area is 165 Å². The molecular weight excluding hydrogens is 384 g/mol. The van der Waals surface area contributed by atoms with E-state index in [0.29, 0.717) is 21.6 Å². The van der Waals surface area contributed by atoms with Crippen LogP contribution in [0.2, 0.25) is 5.02 Å². The van der Waals surface area contributed by atoms with Gasteiger partial charge in [-0.2, -0.15) is 5.10 Å². The van der Waals surface area contributed by atoms with Crippen LogP contribution < -0.4 is 5.32 Å². The van der Waals surface area contributed by atoms with Crippen LogP contribution in [0.3, 0.4) is 0 Å². The van der Waals surface area contributed by atoms with Crippen molar-refractivity contribution < 1.29 is 19.1 Å². The molecule has 0 radical (unpaired) electrons. The predicted octanol–water partition coefficient (Wildman–Crippen LogP) is 2.47. The van der Waals surface area contributed by atoms with E-state index in [1.807, 2.05) is 6.07 Å². The number of amides is 2. The fourth-order valence-corrected chi connectivity index (χ4v) is 2.66. The third-order valence-electron chi connectivity index (χ3n) is 3.94. The lowest BCUT2D eigenvalue weighted by Crippen LogP contribution is -2.37. The molecule has 28 heavy (non-hydrogen) atoms. The summed E-state index contributed by atoms with van der Waals surface area (Å²) in [5, 5.41) is 10.3. The number of aromatic nitrogens is 2. The molecule has 2 aromatic carbocycles. The van der Waals surface area contributed by atoms with Crippen molar-refractivity contribution >= 4 is 46.0 Å². The van der Waals surface area contributed by atoms with Gasteiger partial charge in [0.15, 0.2) is 12.3 Å². The number of nitrogens with one attached hydrogen (secondary N) is 2. The molecule has 9 heteroatoms. The van der Waals surface area contributed by atoms with E-state index in [4.69, 9.17) is 16.3 Å². The summed E-state index contributed by atoms with van der Waals surface area (Å²) in [5.41, 5.74) is 1.24. The van der Waals surface area contributed by atoms with Gasteiger partial charge in [0.1, 0.15) is 0 Å². The number of likely N-dealkylation sites (N-methyl/N-ethyl adjacent to an activating group) is 1. The maximum Gasteiger partial charge on any atom is 0.359 e. The van der Waals surface area contributed by atoms with Gasteiger partial charge in [0.05, 0.1) is 22.8 Å². The van der Waals surface area contributed by atoms with Gasteiger partial charge in [0, 0.05) is 12.4 Å². The van der Waals surface area contributed by atoms with Gasteiger partial charge in [0.2, 0.25) is 5.91 Å². The van der Waals surface area contributed by atoms with E-state index >= 15 is 0 Å². The van der Waals surface area contributed by atoms with Crippen molar-refractivity contribution in [3.63, 3.8) is 0 Å². The Morgan fingerprint density at radius 3 is 2.64 bits per heavy atom. The van der Waals surface area contributed by atoms with Crippen molar-refractivity contribution in [3.8, 4) is 0 Å². The average Bonchev–Trinajstić information content (AvgIpc) is 3.11. The Hall–Kier alpha value is -3.39. The fraction of sp³-hybridized carbons (Fsp3) is 0.158. The summed E-state index contributed by atoms with van der Waals surface area (Å²) in [4.78, 5) is 37.5. The van der Waals surface area contributed by atoms with Crippen molar-refractivity contribution in [2.45, 2.75) is 0 Å². The highest BCUT2D eigenvalue weighted by Gasteiger charge is 2.19. The lowest BCUT2D eigenvalue weighted by Gasteiger charge is -2.17. The van der Waals surface area contributed by atoms with E-state index in [1.165, 1.54) is 7.05 Å². The summed E-state index contributed by atoms with van der Waals surface area (Å²) >= 11 is 5.98. The minimum absolute atomic E-state index is 0.0996. The molecule has 1 heterocycles. The molecule has 1 aromatic heterocycles. The number of halogens is 1. The van der Waals surface area contributed by atoms with Crippen molar-refractivity contribution in [1.82, 2.24) is 15.1 Å². The van der Waals surface area contributed by atoms with Crippen LogP contribution in [0.15, 0.2) is 48.5 Å². The molecule has 0 aliphatic carbocycles. The standard InChI is InChI=1S/C19H17ClN4O4/c1-24(10-16(25)21-15-9-5-3-7-13(15)20)17(26)11-28-19(27)18-12-6-2-4-8-14(12)22-23-18/h2-9H,10-11H2,1H3,(H,21,25)(H,22,23). The van der Waals surface area contributed by atoms with Crippen LogP contribution in [-0.2, 0) is 14.3 Å². The molecule has 144 valence electrons. The van der Waals surface area contributed by atoms with Crippen molar-refractivity contribution in [3.05, 3.63) is 59.2 Å². The van der Waals surface area contributed by atoms with Crippen LogP contribution in [-0.4, -0.2) is 53.1 Å². The molecule has 8 nitrogen and oxygen atoms in total. The lowest BCUT2D eigenvalue weighted by molar-refractivity contribution is -0.136. The highest BCUT2D eigenvalue weighted by atomic mass is 35.5. The van der Waals surface area contributed by atoms with E-state index in [1.54, 1.807) is 42.5 Å². The first-order valence-corrected chi connectivity index (χ1v) is 8.72. The zero-order chi connectivity index (χ0) is 20.1. The van der Waals surface area contributed by atoms with E-state index in [9.17, 15) is 14.4 Å². The second-order valence-corrected chi connectivity index (χ2v) is 6.38. The summed E-state index contributed by atoms with van der Waals surface area (Å²) in [5.74, 6) is -1.67. The van der Waals surface area contributed by atoms with Gasteiger partial charge in [-0.05, 0) is 18.2 Å². The predicted molar refractivity (Wildman–Crippen MR) is 104 cm³/mol. The Morgan fingerprint density at radius 1 is 1.14 bits per heavy atom. The van der Waals surface area contributed by atoms with Crippen LogP contribution in [0.1, 0.15) is 10.5 Å². The quantitative estimate of drug-likeness (QED) is 0.618. The number of H-pyrrole nitrogens is 1. The van der Waals surface area contributed by atoms with Gasteiger partial charge < -0.3 is 15.0 Å². The number of anilines is 1. The van der Waals surface area contributed by atoms with Crippen molar-refractivity contribution in [2.24, 2.45) is 0 Å². The van der Waals surface area contributed by atoms with Crippen molar-refractivity contribution in [1.29, 1.82) is 0 Å². The number of hydrogen-bond donors (Lipinski definition) is 2. The van der Waals surface area contributed by atoms with Crippen LogP contribution in [0, 0.1) is 0 Å². The normalized spacial score (nSPS) is 10.5. The molecule has 0 aliphatic heterocycles. The number of esters is 1. The highest BCUT2D eigenvalue weighted by molar-refractivity contribution is 6.33. The second kappa shape index (κ2) is 8.53. The second-order valence-electron chi connectivity index (χ2n) is 5.97. The number of carbonyl (C=O) groups is 3. The molecule has 3 rings (SSSR count). The monoisotopic (exact) mass is 400 g/mol. The zero-order valence-electron chi connectivity index (χ0n) is 14.9. The molecule has 2 amide bonds. The molecule has 3 aromatic rings. The zero-order valence-corrected chi connectivity index (χ0v) is 15.7. The molecule has 0 unspecified atom stereocenters. The third kappa shape index (κ3) is 4.47. The number of para-hydroxylation sites is 2. The summed E-state index contributed by atoms with van der Waals surface area (Å²) < 4.78 is 5.03. The van der Waals surface area contributed by atoms with Gasteiger partial charge in [-0.3, -0.25) is 14.7 Å². The smallest absolute Gasteiger partial charge is 0.359 e. The number of aromatic amines is 1. The highest BCUT2D eigenvalue weighted by Crippen LogP contribution is 2.20. The molecular formula is C19H17ClN4O4. The Bertz CT molecular complexity index is 1030. The van der Waals surface area contributed by atoms with Crippen LogP contribution >= 0.6 is 11.6 Å². The molecule has 0 aliphatic rings. The summed E-state index contributed by atoms with van der Waals surface area (Å²) in [6, 6.07) is 13.8. The van der Waals surface area contributed by atoms with Crippen molar-refractivity contribution in [2.75, 3.05) is 25.5 Å². The third-order valence-corrected chi connectivity index (χ3v) is 4.27. The Morgan fingerprint density at radius 2 is 1.86 bits per heavy atom. The Balaban J connectivity index is 1.52. The number of rotatable bonds is 6. The molecule has 0 bridgehead atoms. The number of hydrogen-bond acceptors (Lipinski definition) is 5. The van der Waals surface area contributed by atoms with E-state index in [-0.39, 0.29) is 12.2 Å². The van der Waals surface area contributed by atoms with Gasteiger partial charge in [0.25, 0.3) is 5.91 Å². The maximum absolute atomic E-state index is 12.2.